The van der Waals surface area contributed by atoms with Gasteiger partial charge in [-0.1, -0.05) is 11.6 Å². The molecule has 1 aromatic heterocycles. The van der Waals surface area contributed by atoms with Crippen molar-refractivity contribution in [2.75, 3.05) is 4.72 Å². The molecule has 0 amide bonds. The molecule has 0 aliphatic rings. The molecule has 0 aliphatic carbocycles. The summed E-state index contributed by atoms with van der Waals surface area (Å²) in [5, 5.41) is 0.551. The maximum atomic E-state index is 12.4. The van der Waals surface area contributed by atoms with Gasteiger partial charge in [0.1, 0.15) is 5.82 Å². The number of pyridine rings is 1. The third kappa shape index (κ3) is 3.11. The molecule has 0 bridgehead atoms. The number of nitrogens with zero attached hydrogens (tertiary/aromatic N) is 1. The van der Waals surface area contributed by atoms with Crippen LogP contribution in [0.1, 0.15) is 16.7 Å². The Morgan fingerprint density at radius 1 is 1.10 bits per heavy atom. The monoisotopic (exact) mass is 310 g/mol. The number of aromatic nitrogens is 1. The van der Waals surface area contributed by atoms with E-state index < -0.39 is 10.0 Å². The fraction of sp³-hybridized carbons (Fsp3) is 0.214. The number of sulfonamides is 1. The van der Waals surface area contributed by atoms with Crippen LogP contribution in [-0.4, -0.2) is 13.4 Å². The van der Waals surface area contributed by atoms with Crippen molar-refractivity contribution >= 4 is 27.4 Å². The molecule has 6 heteroatoms. The smallest absolute Gasteiger partial charge is 0.263 e. The standard InChI is InChI=1S/C14H15ClN2O2S/c1-9-4-5-16-14(6-9)17-20(18,19)13-8-10(2)12(15)7-11(13)3/h4-8H,1-3H3,(H,16,17). The number of hydrogen-bond acceptors (Lipinski definition) is 3. The maximum absolute atomic E-state index is 12.4. The lowest BCUT2D eigenvalue weighted by molar-refractivity contribution is 0.600. The number of hydrogen-bond donors (Lipinski definition) is 1. The Labute approximate surface area is 123 Å². The molecule has 0 saturated carbocycles. The summed E-state index contributed by atoms with van der Waals surface area (Å²) in [6.45, 7) is 5.35. The van der Waals surface area contributed by atoms with Crippen molar-refractivity contribution in [1.29, 1.82) is 0 Å². The highest BCUT2D eigenvalue weighted by Gasteiger charge is 2.18. The Morgan fingerprint density at radius 2 is 1.80 bits per heavy atom. The second-order valence-electron chi connectivity index (χ2n) is 4.69. The fourth-order valence-corrected chi connectivity index (χ4v) is 3.36. The minimum atomic E-state index is -3.67. The van der Waals surface area contributed by atoms with Gasteiger partial charge in [-0.05, 0) is 61.7 Å². The maximum Gasteiger partial charge on any atom is 0.263 e. The van der Waals surface area contributed by atoms with Crippen LogP contribution >= 0.6 is 11.6 Å². The lowest BCUT2D eigenvalue weighted by Gasteiger charge is -2.11. The van der Waals surface area contributed by atoms with Crippen molar-refractivity contribution < 1.29 is 8.42 Å². The first-order chi connectivity index (χ1) is 9.29. The van der Waals surface area contributed by atoms with E-state index >= 15 is 0 Å². The summed E-state index contributed by atoms with van der Waals surface area (Å²) in [6.07, 6.45) is 1.56. The number of aryl methyl sites for hydroxylation is 3. The van der Waals surface area contributed by atoms with Gasteiger partial charge in [0.25, 0.3) is 10.0 Å². The number of rotatable bonds is 3. The molecule has 0 radical (unpaired) electrons. The van der Waals surface area contributed by atoms with E-state index in [1.54, 1.807) is 44.3 Å². The SMILES string of the molecule is Cc1ccnc(NS(=O)(=O)c2cc(C)c(Cl)cc2C)c1. The van der Waals surface area contributed by atoms with Crippen molar-refractivity contribution in [3.8, 4) is 0 Å². The van der Waals surface area contributed by atoms with Gasteiger partial charge in [0.2, 0.25) is 0 Å². The highest BCUT2D eigenvalue weighted by Crippen LogP contribution is 2.25. The average molecular weight is 311 g/mol. The zero-order valence-corrected chi connectivity index (χ0v) is 13.0. The first kappa shape index (κ1) is 14.8. The van der Waals surface area contributed by atoms with Gasteiger partial charge in [0.15, 0.2) is 0 Å². The van der Waals surface area contributed by atoms with Crippen LogP contribution in [0.5, 0.6) is 0 Å². The van der Waals surface area contributed by atoms with E-state index in [0.717, 1.165) is 11.1 Å². The molecule has 0 spiro atoms. The molecule has 4 nitrogen and oxygen atoms in total. The number of anilines is 1. The fourth-order valence-electron chi connectivity index (χ4n) is 1.83. The second kappa shape index (κ2) is 5.42. The van der Waals surface area contributed by atoms with Crippen LogP contribution in [0.3, 0.4) is 0 Å². The Hall–Kier alpha value is -1.59. The average Bonchev–Trinajstić information content (AvgIpc) is 2.33. The van der Waals surface area contributed by atoms with Crippen LogP contribution in [-0.2, 0) is 10.0 Å². The number of halogens is 1. The van der Waals surface area contributed by atoms with Crippen molar-refractivity contribution in [2.45, 2.75) is 25.7 Å². The molecule has 20 heavy (non-hydrogen) atoms. The molecule has 0 unspecified atom stereocenters. The molecule has 0 aliphatic heterocycles. The molecule has 0 atom stereocenters. The number of benzene rings is 1. The largest absolute Gasteiger partial charge is 0.263 e. The van der Waals surface area contributed by atoms with Crippen LogP contribution in [0, 0.1) is 20.8 Å². The van der Waals surface area contributed by atoms with E-state index in [2.05, 4.69) is 9.71 Å². The third-order valence-corrected chi connectivity index (χ3v) is 4.80. The van der Waals surface area contributed by atoms with E-state index in [1.165, 1.54) is 0 Å². The Balaban J connectivity index is 2.43. The van der Waals surface area contributed by atoms with E-state index in [4.69, 9.17) is 11.6 Å². The normalized spacial score (nSPS) is 11.4. The van der Waals surface area contributed by atoms with Crippen molar-refractivity contribution in [2.24, 2.45) is 0 Å². The third-order valence-electron chi connectivity index (χ3n) is 2.90. The van der Waals surface area contributed by atoms with E-state index in [0.29, 0.717) is 16.4 Å². The molecule has 106 valence electrons. The summed E-state index contributed by atoms with van der Waals surface area (Å²) in [7, 11) is -3.67. The van der Waals surface area contributed by atoms with Gasteiger partial charge in [0.05, 0.1) is 4.90 Å². The summed E-state index contributed by atoms with van der Waals surface area (Å²) < 4.78 is 27.3. The van der Waals surface area contributed by atoms with Gasteiger partial charge >= 0.3 is 0 Å². The molecule has 0 saturated heterocycles. The Kier molecular flexibility index (Phi) is 4.01. The summed E-state index contributed by atoms with van der Waals surface area (Å²) in [6, 6.07) is 6.69. The molecule has 1 N–H and O–H groups in total. The molecule has 1 heterocycles. The molecule has 2 rings (SSSR count). The van der Waals surface area contributed by atoms with Crippen molar-refractivity contribution in [3.63, 3.8) is 0 Å². The minimum Gasteiger partial charge on any atom is -0.263 e. The molecule has 2 aromatic rings. The molecular weight excluding hydrogens is 296 g/mol. The van der Waals surface area contributed by atoms with Crippen LogP contribution < -0.4 is 4.72 Å². The highest BCUT2D eigenvalue weighted by atomic mass is 35.5. The summed E-state index contributed by atoms with van der Waals surface area (Å²) >= 11 is 5.99. The van der Waals surface area contributed by atoms with Crippen molar-refractivity contribution in [1.82, 2.24) is 4.98 Å². The van der Waals surface area contributed by atoms with Crippen LogP contribution in [0.25, 0.3) is 0 Å². The lowest BCUT2D eigenvalue weighted by atomic mass is 10.2. The first-order valence-electron chi connectivity index (χ1n) is 6.02. The van der Waals surface area contributed by atoms with Crippen LogP contribution in [0.4, 0.5) is 5.82 Å². The van der Waals surface area contributed by atoms with Gasteiger partial charge in [-0.2, -0.15) is 0 Å². The zero-order valence-electron chi connectivity index (χ0n) is 11.4. The summed E-state index contributed by atoms with van der Waals surface area (Å²) in [5.74, 6) is 0.303. The first-order valence-corrected chi connectivity index (χ1v) is 7.88. The van der Waals surface area contributed by atoms with Gasteiger partial charge < -0.3 is 0 Å². The second-order valence-corrected chi connectivity index (χ2v) is 6.75. The number of nitrogens with one attached hydrogen (secondary N) is 1. The van der Waals surface area contributed by atoms with Gasteiger partial charge in [-0.3, -0.25) is 4.72 Å². The predicted octanol–water partition coefficient (Wildman–Crippen LogP) is 3.46. The highest BCUT2D eigenvalue weighted by molar-refractivity contribution is 7.92. The van der Waals surface area contributed by atoms with E-state index in [-0.39, 0.29) is 4.90 Å². The van der Waals surface area contributed by atoms with Gasteiger partial charge in [-0.25, -0.2) is 13.4 Å². The van der Waals surface area contributed by atoms with Crippen LogP contribution in [0.15, 0.2) is 35.4 Å². The summed E-state index contributed by atoms with van der Waals surface area (Å²) in [4.78, 5) is 4.21. The van der Waals surface area contributed by atoms with Gasteiger partial charge in [-0.15, -0.1) is 0 Å². The minimum absolute atomic E-state index is 0.211. The Bertz CT molecular complexity index is 758. The van der Waals surface area contributed by atoms with Crippen LogP contribution in [0.2, 0.25) is 5.02 Å². The molecule has 0 fully saturated rings. The lowest BCUT2D eigenvalue weighted by Crippen LogP contribution is -2.15. The predicted molar refractivity (Wildman–Crippen MR) is 80.7 cm³/mol. The quantitative estimate of drug-likeness (QED) is 0.944. The molecule has 1 aromatic carbocycles. The van der Waals surface area contributed by atoms with E-state index in [1.807, 2.05) is 6.92 Å². The van der Waals surface area contributed by atoms with E-state index in [9.17, 15) is 8.42 Å². The topological polar surface area (TPSA) is 59.1 Å². The summed E-state index contributed by atoms with van der Waals surface area (Å²) in [5.41, 5.74) is 2.25. The zero-order chi connectivity index (χ0) is 14.9. The van der Waals surface area contributed by atoms with Gasteiger partial charge in [0, 0.05) is 11.2 Å². The Morgan fingerprint density at radius 3 is 2.45 bits per heavy atom. The molecular formula is C14H15ClN2O2S. The van der Waals surface area contributed by atoms with Crippen molar-refractivity contribution in [3.05, 3.63) is 52.2 Å².